The molecule has 0 fully saturated rings. The van der Waals surface area contributed by atoms with Crippen LogP contribution in [0.2, 0.25) is 0 Å². The van der Waals surface area contributed by atoms with Crippen molar-refractivity contribution in [2.45, 2.75) is 26.7 Å². The van der Waals surface area contributed by atoms with E-state index in [1.165, 1.54) is 0 Å². The molecule has 160 valence electrons. The first-order valence-corrected chi connectivity index (χ1v) is 12.8. The quantitative estimate of drug-likeness (QED) is 0.289. The maximum absolute atomic E-state index is 15.4. The van der Waals surface area contributed by atoms with Crippen LogP contribution in [0.25, 0.3) is 0 Å². The Hall–Kier alpha value is -2.31. The zero-order valence-corrected chi connectivity index (χ0v) is 18.4. The SMILES string of the molecule is CC1=[C]([Ti]([C]2=C(C)C=CC2)([c]2c(F)ccc(F)c2F)[c]2c(F)ccc(F)c2F)CC=C1. The molecule has 0 atom stereocenters. The molecule has 0 spiro atoms. The van der Waals surface area contributed by atoms with Gasteiger partial charge in [0.2, 0.25) is 0 Å². The number of benzene rings is 2. The third-order valence-electron chi connectivity index (χ3n) is 6.07. The van der Waals surface area contributed by atoms with Crippen LogP contribution in [0.4, 0.5) is 26.3 Å². The Labute approximate surface area is 179 Å². The molecule has 2 aromatic rings. The van der Waals surface area contributed by atoms with Crippen molar-refractivity contribution in [3.63, 3.8) is 0 Å². The van der Waals surface area contributed by atoms with E-state index in [0.717, 1.165) is 12.1 Å². The van der Waals surface area contributed by atoms with E-state index in [4.69, 9.17) is 0 Å². The summed E-state index contributed by atoms with van der Waals surface area (Å²) in [7, 11) is 0. The monoisotopic (exact) mass is 468 g/mol. The summed E-state index contributed by atoms with van der Waals surface area (Å²) in [5, 5.41) is 0. The average molecular weight is 468 g/mol. The minimum atomic E-state index is -5.16. The standard InChI is InChI=1S/2C6H2F3.2C6H7.Ti/c2*7-4-1-2-5(8)6(9)3-4;2*1-6-4-2-3-5-6;/h2*1-2H;2*2,4H,3H2,1H3;. The second-order valence-electron chi connectivity index (χ2n) is 7.72. The van der Waals surface area contributed by atoms with Crippen LogP contribution < -0.4 is 7.74 Å². The van der Waals surface area contributed by atoms with Crippen LogP contribution in [0.5, 0.6) is 0 Å². The molecule has 0 radical (unpaired) electrons. The third-order valence-corrected chi connectivity index (χ3v) is 14.5. The van der Waals surface area contributed by atoms with E-state index in [-0.39, 0.29) is 12.8 Å². The van der Waals surface area contributed by atoms with Crippen molar-refractivity contribution < 1.29 is 42.9 Å². The molecule has 0 heterocycles. The molecular formula is C24H18F6Ti. The van der Waals surface area contributed by atoms with Gasteiger partial charge in [-0.25, -0.2) is 0 Å². The van der Waals surface area contributed by atoms with Crippen molar-refractivity contribution in [2.75, 3.05) is 0 Å². The van der Waals surface area contributed by atoms with Crippen molar-refractivity contribution in [1.82, 2.24) is 0 Å². The third kappa shape index (κ3) is 3.19. The molecule has 2 aromatic carbocycles. The molecule has 7 heteroatoms. The van der Waals surface area contributed by atoms with E-state index in [2.05, 4.69) is 0 Å². The van der Waals surface area contributed by atoms with Crippen LogP contribution in [0.1, 0.15) is 26.7 Å². The molecule has 4 rings (SSSR count). The summed E-state index contributed by atoms with van der Waals surface area (Å²) < 4.78 is 89.9. The maximum atomic E-state index is 15.4. The van der Waals surface area contributed by atoms with Crippen molar-refractivity contribution >= 4 is 7.74 Å². The molecule has 2 aliphatic carbocycles. The minimum absolute atomic E-state index is 0.188. The Bertz CT molecular complexity index is 1120. The van der Waals surface area contributed by atoms with Gasteiger partial charge in [-0.05, 0) is 0 Å². The van der Waals surface area contributed by atoms with Crippen LogP contribution in [0, 0.1) is 34.9 Å². The molecule has 0 bridgehead atoms. The Balaban J connectivity index is 2.30. The van der Waals surface area contributed by atoms with Crippen LogP contribution in [-0.4, -0.2) is 0 Å². The van der Waals surface area contributed by atoms with E-state index in [1.54, 1.807) is 38.2 Å². The zero-order valence-electron chi connectivity index (χ0n) is 16.8. The molecule has 0 aromatic heterocycles. The van der Waals surface area contributed by atoms with E-state index in [9.17, 15) is 8.78 Å². The molecular weight excluding hydrogens is 450 g/mol. The Morgan fingerprint density at radius 2 is 0.935 bits per heavy atom. The first-order chi connectivity index (χ1) is 14.7. The first-order valence-electron chi connectivity index (χ1n) is 9.72. The number of hydrogen-bond acceptors (Lipinski definition) is 0. The van der Waals surface area contributed by atoms with Gasteiger partial charge in [0, 0.05) is 0 Å². The molecule has 0 amide bonds. The Morgan fingerprint density at radius 3 is 1.26 bits per heavy atom. The topological polar surface area (TPSA) is 0 Å². The van der Waals surface area contributed by atoms with Crippen LogP contribution in [0.3, 0.4) is 0 Å². The van der Waals surface area contributed by atoms with Crippen LogP contribution in [-0.2, 0) is 16.6 Å². The van der Waals surface area contributed by atoms with Gasteiger partial charge in [0.15, 0.2) is 0 Å². The average Bonchev–Trinajstić information content (AvgIpc) is 3.35. The van der Waals surface area contributed by atoms with Gasteiger partial charge in [-0.1, -0.05) is 0 Å². The molecule has 31 heavy (non-hydrogen) atoms. The summed E-state index contributed by atoms with van der Waals surface area (Å²) in [4.78, 5) is 0. The van der Waals surface area contributed by atoms with Crippen molar-refractivity contribution in [2.24, 2.45) is 0 Å². The summed E-state index contributed by atoms with van der Waals surface area (Å²) in [6, 6.07) is 2.81. The molecule has 0 aliphatic heterocycles. The predicted octanol–water partition coefficient (Wildman–Crippen LogP) is 6.09. The molecule has 0 N–H and O–H groups in total. The zero-order chi connectivity index (χ0) is 22.5. The molecule has 2 aliphatic rings. The van der Waals surface area contributed by atoms with Gasteiger partial charge in [0.25, 0.3) is 0 Å². The number of rotatable bonds is 4. The van der Waals surface area contributed by atoms with E-state index >= 15 is 17.6 Å². The van der Waals surface area contributed by atoms with Gasteiger partial charge >= 0.3 is 180 Å². The van der Waals surface area contributed by atoms with Crippen molar-refractivity contribution in [1.29, 1.82) is 0 Å². The Kier molecular flexibility index (Phi) is 5.65. The summed E-state index contributed by atoms with van der Waals surface area (Å²) in [6.45, 7) is 3.36. The normalized spacial score (nSPS) is 16.3. The van der Waals surface area contributed by atoms with Gasteiger partial charge in [0.05, 0.1) is 0 Å². The van der Waals surface area contributed by atoms with Crippen molar-refractivity contribution in [3.05, 3.63) is 102 Å². The van der Waals surface area contributed by atoms with Gasteiger partial charge in [-0.2, -0.15) is 0 Å². The molecule has 0 saturated carbocycles. The number of halogens is 6. The first kappa shape index (κ1) is 21.9. The second-order valence-corrected chi connectivity index (χ2v) is 13.5. The van der Waals surface area contributed by atoms with Crippen LogP contribution >= 0.6 is 0 Å². The molecule has 0 saturated heterocycles. The van der Waals surface area contributed by atoms with Crippen molar-refractivity contribution in [3.8, 4) is 0 Å². The summed E-state index contributed by atoms with van der Waals surface area (Å²) in [5.41, 5.74) is 1.19. The van der Waals surface area contributed by atoms with E-state index in [1.807, 2.05) is 0 Å². The fourth-order valence-electron chi connectivity index (χ4n) is 4.78. The fourth-order valence-corrected chi connectivity index (χ4v) is 13.8. The van der Waals surface area contributed by atoms with E-state index in [0.29, 0.717) is 31.0 Å². The van der Waals surface area contributed by atoms with E-state index < -0.39 is 59.2 Å². The number of allylic oxidation sites excluding steroid dienone is 8. The summed E-state index contributed by atoms with van der Waals surface area (Å²) in [6.07, 6.45) is 7.25. The van der Waals surface area contributed by atoms with Crippen LogP contribution in [0.15, 0.2) is 67.5 Å². The number of hydrogen-bond donors (Lipinski definition) is 0. The van der Waals surface area contributed by atoms with Gasteiger partial charge in [-0.3, -0.25) is 0 Å². The van der Waals surface area contributed by atoms with Gasteiger partial charge < -0.3 is 0 Å². The fraction of sp³-hybridized carbons (Fsp3) is 0.167. The van der Waals surface area contributed by atoms with Gasteiger partial charge in [0.1, 0.15) is 0 Å². The predicted molar refractivity (Wildman–Crippen MR) is 105 cm³/mol. The molecule has 0 nitrogen and oxygen atoms in total. The Morgan fingerprint density at radius 1 is 0.581 bits per heavy atom. The summed E-state index contributed by atoms with van der Waals surface area (Å²) in [5.74, 6) is -7.80. The van der Waals surface area contributed by atoms with Gasteiger partial charge in [-0.15, -0.1) is 0 Å². The second kappa shape index (κ2) is 7.99. The molecule has 0 unspecified atom stereocenters. The summed E-state index contributed by atoms with van der Waals surface area (Å²) >= 11 is -5.16.